The van der Waals surface area contributed by atoms with Crippen LogP contribution >= 0.6 is 11.6 Å². The van der Waals surface area contributed by atoms with E-state index in [9.17, 15) is 0 Å². The number of nitrogens with zero attached hydrogens (tertiary/aromatic N) is 3. The highest BCUT2D eigenvalue weighted by Crippen LogP contribution is 2.17. The van der Waals surface area contributed by atoms with Crippen molar-refractivity contribution >= 4 is 17.4 Å². The fourth-order valence-electron chi connectivity index (χ4n) is 1.60. The molecule has 1 rings (SSSR count). The Bertz CT molecular complexity index is 347. The molecule has 0 N–H and O–H groups in total. The van der Waals surface area contributed by atoms with Crippen LogP contribution in [0.1, 0.15) is 33.6 Å². The minimum Gasteiger partial charge on any atom is -0.475 e. The summed E-state index contributed by atoms with van der Waals surface area (Å²) in [5.41, 5.74) is 0. The molecule has 18 heavy (non-hydrogen) atoms. The molecule has 0 aliphatic carbocycles. The van der Waals surface area contributed by atoms with Crippen molar-refractivity contribution in [3.05, 3.63) is 12.4 Å². The second-order valence-electron chi connectivity index (χ2n) is 4.41. The summed E-state index contributed by atoms with van der Waals surface area (Å²) in [5, 5.41) is 0. The van der Waals surface area contributed by atoms with Crippen LogP contribution in [0.5, 0.6) is 5.88 Å². The lowest BCUT2D eigenvalue weighted by Crippen LogP contribution is -2.27. The lowest BCUT2D eigenvalue weighted by molar-refractivity contribution is 0.232. The minimum atomic E-state index is 0.116. The number of aromatic nitrogens is 2. The van der Waals surface area contributed by atoms with E-state index in [0.717, 1.165) is 31.7 Å². The van der Waals surface area contributed by atoms with E-state index >= 15 is 0 Å². The highest BCUT2D eigenvalue weighted by molar-refractivity contribution is 6.18. The molecule has 102 valence electrons. The van der Waals surface area contributed by atoms with Crippen LogP contribution in [-0.4, -0.2) is 35.0 Å². The van der Waals surface area contributed by atoms with E-state index in [4.69, 9.17) is 16.3 Å². The van der Waals surface area contributed by atoms with Gasteiger partial charge < -0.3 is 9.64 Å². The summed E-state index contributed by atoms with van der Waals surface area (Å²) in [6.07, 6.45) is 3.94. The van der Waals surface area contributed by atoms with Crippen molar-refractivity contribution < 1.29 is 4.74 Å². The van der Waals surface area contributed by atoms with Gasteiger partial charge in [0.25, 0.3) is 0 Å². The van der Waals surface area contributed by atoms with Gasteiger partial charge in [-0.15, -0.1) is 11.6 Å². The third kappa shape index (κ3) is 5.08. The molecule has 4 nitrogen and oxygen atoms in total. The van der Waals surface area contributed by atoms with Crippen molar-refractivity contribution in [2.45, 2.75) is 39.7 Å². The zero-order valence-electron chi connectivity index (χ0n) is 11.4. The number of hydrogen-bond acceptors (Lipinski definition) is 4. The van der Waals surface area contributed by atoms with Crippen LogP contribution in [0.25, 0.3) is 0 Å². The van der Waals surface area contributed by atoms with Crippen LogP contribution in [0, 0.1) is 0 Å². The summed E-state index contributed by atoms with van der Waals surface area (Å²) in [6.45, 7) is 7.89. The van der Waals surface area contributed by atoms with Gasteiger partial charge in [0.2, 0.25) is 5.88 Å². The third-order valence-electron chi connectivity index (χ3n) is 2.44. The van der Waals surface area contributed by atoms with Gasteiger partial charge in [0.05, 0.1) is 6.10 Å². The zero-order chi connectivity index (χ0) is 13.4. The molecule has 0 radical (unpaired) electrons. The topological polar surface area (TPSA) is 38.2 Å². The lowest BCUT2D eigenvalue weighted by Gasteiger charge is -2.22. The van der Waals surface area contributed by atoms with Crippen LogP contribution in [0.3, 0.4) is 0 Å². The maximum Gasteiger partial charge on any atom is 0.218 e. The van der Waals surface area contributed by atoms with Gasteiger partial charge in [0, 0.05) is 25.0 Å². The Balaban J connectivity index is 2.76. The summed E-state index contributed by atoms with van der Waals surface area (Å²) < 4.78 is 5.58. The van der Waals surface area contributed by atoms with Crippen molar-refractivity contribution in [2.75, 3.05) is 23.9 Å². The van der Waals surface area contributed by atoms with Crippen LogP contribution in [0.4, 0.5) is 5.82 Å². The van der Waals surface area contributed by atoms with Crippen molar-refractivity contribution in [1.29, 1.82) is 0 Å². The summed E-state index contributed by atoms with van der Waals surface area (Å²) in [7, 11) is 0. The predicted octanol–water partition coefficient (Wildman–Crippen LogP) is 3.11. The lowest BCUT2D eigenvalue weighted by atomic mass is 10.3. The van der Waals surface area contributed by atoms with Gasteiger partial charge in [-0.1, -0.05) is 13.3 Å². The van der Waals surface area contributed by atoms with E-state index in [-0.39, 0.29) is 6.10 Å². The molecule has 0 unspecified atom stereocenters. The first-order valence-electron chi connectivity index (χ1n) is 6.47. The van der Waals surface area contributed by atoms with Gasteiger partial charge in [-0.2, -0.15) is 0 Å². The standard InChI is InChI=1S/C13H22ClN3O/c1-4-5-7-17(8-6-14)12-9-13(16-10-15-12)18-11(2)3/h9-11H,4-8H2,1-3H3. The number of anilines is 1. The van der Waals surface area contributed by atoms with Crippen molar-refractivity contribution in [3.8, 4) is 5.88 Å². The highest BCUT2D eigenvalue weighted by atomic mass is 35.5. The van der Waals surface area contributed by atoms with Gasteiger partial charge in [-0.25, -0.2) is 9.97 Å². The van der Waals surface area contributed by atoms with E-state index in [2.05, 4.69) is 21.8 Å². The molecule has 0 saturated heterocycles. The fraction of sp³-hybridized carbons (Fsp3) is 0.692. The molecule has 1 heterocycles. The van der Waals surface area contributed by atoms with Crippen molar-refractivity contribution in [3.63, 3.8) is 0 Å². The molecule has 1 aromatic heterocycles. The monoisotopic (exact) mass is 271 g/mol. The first-order valence-corrected chi connectivity index (χ1v) is 7.00. The number of ether oxygens (including phenoxy) is 1. The average Bonchev–Trinajstić information content (AvgIpc) is 2.34. The minimum absolute atomic E-state index is 0.116. The largest absolute Gasteiger partial charge is 0.475 e. The molecule has 5 heteroatoms. The van der Waals surface area contributed by atoms with Crippen molar-refractivity contribution in [2.24, 2.45) is 0 Å². The second kappa shape index (κ2) is 8.14. The number of rotatable bonds is 8. The van der Waals surface area contributed by atoms with Crippen molar-refractivity contribution in [1.82, 2.24) is 9.97 Å². The molecule has 0 atom stereocenters. The molecule has 0 saturated carbocycles. The quantitative estimate of drug-likeness (QED) is 0.681. The number of alkyl halides is 1. The van der Waals surface area contributed by atoms with Gasteiger partial charge in [0.1, 0.15) is 12.1 Å². The van der Waals surface area contributed by atoms with Gasteiger partial charge in [-0.3, -0.25) is 0 Å². The number of hydrogen-bond donors (Lipinski definition) is 0. The summed E-state index contributed by atoms with van der Waals surface area (Å²) in [6, 6.07) is 1.88. The van der Waals surface area contributed by atoms with Crippen LogP contribution in [-0.2, 0) is 0 Å². The van der Waals surface area contributed by atoms with E-state index in [1.807, 2.05) is 19.9 Å². The van der Waals surface area contributed by atoms with E-state index in [1.165, 1.54) is 0 Å². The Labute approximate surface area is 114 Å². The normalized spacial score (nSPS) is 10.7. The summed E-state index contributed by atoms with van der Waals surface area (Å²) in [4.78, 5) is 10.6. The maximum atomic E-state index is 5.83. The Morgan fingerprint density at radius 3 is 2.72 bits per heavy atom. The predicted molar refractivity (Wildman–Crippen MR) is 75.6 cm³/mol. The maximum absolute atomic E-state index is 5.83. The van der Waals surface area contributed by atoms with Gasteiger partial charge in [0.15, 0.2) is 0 Å². The summed E-state index contributed by atoms with van der Waals surface area (Å²) in [5.74, 6) is 2.09. The molecule has 0 aromatic carbocycles. The molecular weight excluding hydrogens is 250 g/mol. The van der Waals surface area contributed by atoms with Crippen LogP contribution in [0.15, 0.2) is 12.4 Å². The van der Waals surface area contributed by atoms with E-state index < -0.39 is 0 Å². The molecule has 1 aromatic rings. The molecule has 0 spiro atoms. The molecule has 0 aliphatic rings. The fourth-order valence-corrected chi connectivity index (χ4v) is 1.80. The average molecular weight is 272 g/mol. The van der Waals surface area contributed by atoms with E-state index in [0.29, 0.717) is 11.8 Å². The number of halogens is 1. The zero-order valence-corrected chi connectivity index (χ0v) is 12.2. The smallest absolute Gasteiger partial charge is 0.218 e. The van der Waals surface area contributed by atoms with Gasteiger partial charge >= 0.3 is 0 Å². The second-order valence-corrected chi connectivity index (χ2v) is 4.79. The first kappa shape index (κ1) is 15.0. The Hall–Kier alpha value is -1.03. The van der Waals surface area contributed by atoms with Gasteiger partial charge in [-0.05, 0) is 20.3 Å². The number of unbranched alkanes of at least 4 members (excludes halogenated alkanes) is 1. The summed E-state index contributed by atoms with van der Waals surface area (Å²) >= 11 is 5.83. The first-order chi connectivity index (χ1) is 8.67. The highest BCUT2D eigenvalue weighted by Gasteiger charge is 2.09. The SMILES string of the molecule is CCCCN(CCCl)c1cc(OC(C)C)ncn1. The van der Waals surface area contributed by atoms with Crippen LogP contribution in [0.2, 0.25) is 0 Å². The molecular formula is C13H22ClN3O. The molecule has 0 aliphatic heterocycles. The molecule has 0 fully saturated rings. The third-order valence-corrected chi connectivity index (χ3v) is 2.61. The molecule has 0 amide bonds. The van der Waals surface area contributed by atoms with E-state index in [1.54, 1.807) is 6.33 Å². The Kier molecular flexibility index (Phi) is 6.80. The Morgan fingerprint density at radius 2 is 2.11 bits per heavy atom. The van der Waals surface area contributed by atoms with Crippen LogP contribution < -0.4 is 9.64 Å². The Morgan fingerprint density at radius 1 is 1.33 bits per heavy atom. The molecule has 0 bridgehead atoms.